The second-order valence-electron chi connectivity index (χ2n) is 5.46. The maximum Gasteiger partial charge on any atom is 0.159 e. The first-order chi connectivity index (χ1) is 8.13. The first kappa shape index (κ1) is 11.6. The third-order valence-electron chi connectivity index (χ3n) is 4.21. The van der Waals surface area contributed by atoms with Gasteiger partial charge in [0.15, 0.2) is 11.6 Å². The predicted octanol–water partition coefficient (Wildman–Crippen LogP) is 4.32. The molecular formula is C14H15BrF2. The van der Waals surface area contributed by atoms with Crippen LogP contribution in [0.2, 0.25) is 0 Å². The second-order valence-corrected chi connectivity index (χ2v) is 6.63. The molecule has 3 atom stereocenters. The molecule has 1 aromatic rings. The van der Waals surface area contributed by atoms with Gasteiger partial charge >= 0.3 is 0 Å². The molecule has 3 unspecified atom stereocenters. The van der Waals surface area contributed by atoms with Crippen LogP contribution in [0.4, 0.5) is 8.78 Å². The molecule has 0 nitrogen and oxygen atoms in total. The Labute approximate surface area is 109 Å². The summed E-state index contributed by atoms with van der Waals surface area (Å²) in [4.78, 5) is 0.403. The molecule has 0 aliphatic heterocycles. The van der Waals surface area contributed by atoms with Gasteiger partial charge in [0.25, 0.3) is 0 Å². The Kier molecular flexibility index (Phi) is 2.97. The standard InChI is InChI=1S/C14H15BrF2/c15-12(11-6-9-5-10(9)7-11)3-8-1-2-13(16)14(17)4-8/h1-2,4,9-12H,3,5-7H2. The molecule has 17 heavy (non-hydrogen) atoms. The van der Waals surface area contributed by atoms with Crippen LogP contribution in [-0.2, 0) is 6.42 Å². The van der Waals surface area contributed by atoms with Crippen LogP contribution >= 0.6 is 15.9 Å². The number of halogens is 3. The number of rotatable bonds is 3. The van der Waals surface area contributed by atoms with Crippen molar-refractivity contribution in [3.05, 3.63) is 35.4 Å². The van der Waals surface area contributed by atoms with Gasteiger partial charge in [-0.1, -0.05) is 22.0 Å². The fraction of sp³-hybridized carbons (Fsp3) is 0.571. The van der Waals surface area contributed by atoms with Crippen LogP contribution in [0.5, 0.6) is 0 Å². The minimum atomic E-state index is -0.762. The van der Waals surface area contributed by atoms with Gasteiger partial charge in [0.1, 0.15) is 0 Å². The Morgan fingerprint density at radius 2 is 1.82 bits per heavy atom. The molecule has 0 radical (unpaired) electrons. The predicted molar refractivity (Wildman–Crippen MR) is 67.1 cm³/mol. The normalized spacial score (nSPS) is 32.3. The summed E-state index contributed by atoms with van der Waals surface area (Å²) >= 11 is 3.72. The molecule has 3 rings (SSSR count). The van der Waals surface area contributed by atoms with E-state index in [0.29, 0.717) is 10.7 Å². The van der Waals surface area contributed by atoms with Crippen molar-refractivity contribution in [2.75, 3.05) is 0 Å². The van der Waals surface area contributed by atoms with Gasteiger partial charge in [0, 0.05) is 4.83 Å². The third-order valence-corrected chi connectivity index (χ3v) is 5.28. The summed E-state index contributed by atoms with van der Waals surface area (Å²) in [6.07, 6.45) is 4.83. The highest BCUT2D eigenvalue weighted by Gasteiger charge is 2.47. The van der Waals surface area contributed by atoms with E-state index >= 15 is 0 Å². The summed E-state index contributed by atoms with van der Waals surface area (Å²) < 4.78 is 25.9. The molecular weight excluding hydrogens is 286 g/mol. The molecule has 0 aromatic heterocycles. The van der Waals surface area contributed by atoms with Gasteiger partial charge in [-0.25, -0.2) is 8.78 Å². The van der Waals surface area contributed by atoms with E-state index in [-0.39, 0.29) is 0 Å². The third kappa shape index (κ3) is 2.40. The average Bonchev–Trinajstić information content (AvgIpc) is 2.91. The van der Waals surface area contributed by atoms with Crippen LogP contribution in [0.25, 0.3) is 0 Å². The Bertz CT molecular complexity index is 422. The first-order valence-corrected chi connectivity index (χ1v) is 7.13. The maximum atomic E-state index is 13.1. The Morgan fingerprint density at radius 3 is 2.47 bits per heavy atom. The summed E-state index contributed by atoms with van der Waals surface area (Å²) in [7, 11) is 0. The van der Waals surface area contributed by atoms with E-state index in [1.165, 1.54) is 31.4 Å². The number of hydrogen-bond acceptors (Lipinski definition) is 0. The van der Waals surface area contributed by atoms with Gasteiger partial charge in [-0.15, -0.1) is 0 Å². The van der Waals surface area contributed by atoms with Crippen LogP contribution in [0.1, 0.15) is 24.8 Å². The number of hydrogen-bond donors (Lipinski definition) is 0. The van der Waals surface area contributed by atoms with Crippen LogP contribution in [0, 0.1) is 29.4 Å². The molecule has 92 valence electrons. The molecule has 0 bridgehead atoms. The van der Waals surface area contributed by atoms with Gasteiger partial charge < -0.3 is 0 Å². The van der Waals surface area contributed by atoms with E-state index in [1.807, 2.05) is 0 Å². The van der Waals surface area contributed by atoms with Crippen LogP contribution in [0.15, 0.2) is 18.2 Å². The quantitative estimate of drug-likeness (QED) is 0.730. The van der Waals surface area contributed by atoms with E-state index in [0.717, 1.165) is 23.8 Å². The molecule has 2 saturated carbocycles. The lowest BCUT2D eigenvalue weighted by molar-refractivity contribution is 0.468. The lowest BCUT2D eigenvalue weighted by Gasteiger charge is -2.19. The molecule has 2 fully saturated rings. The van der Waals surface area contributed by atoms with Crippen molar-refractivity contribution in [1.82, 2.24) is 0 Å². The maximum absolute atomic E-state index is 13.1. The van der Waals surface area contributed by atoms with Crippen molar-refractivity contribution < 1.29 is 8.78 Å². The smallest absolute Gasteiger partial charge is 0.159 e. The van der Waals surface area contributed by atoms with Crippen molar-refractivity contribution in [1.29, 1.82) is 0 Å². The van der Waals surface area contributed by atoms with Crippen molar-refractivity contribution in [3.63, 3.8) is 0 Å². The number of alkyl halides is 1. The molecule has 2 aliphatic rings. The van der Waals surface area contributed by atoms with Crippen molar-refractivity contribution in [2.45, 2.75) is 30.5 Å². The number of benzene rings is 1. The zero-order valence-corrected chi connectivity index (χ0v) is 11.1. The number of fused-ring (bicyclic) bond motifs is 1. The molecule has 0 N–H and O–H groups in total. The Balaban J connectivity index is 1.63. The second kappa shape index (κ2) is 4.34. The Hall–Kier alpha value is -0.440. The van der Waals surface area contributed by atoms with E-state index < -0.39 is 11.6 Å². The Morgan fingerprint density at radius 1 is 1.12 bits per heavy atom. The molecule has 0 heterocycles. The van der Waals surface area contributed by atoms with E-state index in [9.17, 15) is 8.78 Å². The highest BCUT2D eigenvalue weighted by atomic mass is 79.9. The molecule has 0 spiro atoms. The molecule has 2 aliphatic carbocycles. The molecule has 3 heteroatoms. The average molecular weight is 301 g/mol. The van der Waals surface area contributed by atoms with Crippen molar-refractivity contribution in [3.8, 4) is 0 Å². The zero-order valence-electron chi connectivity index (χ0n) is 9.50. The minimum Gasteiger partial charge on any atom is -0.204 e. The highest BCUT2D eigenvalue weighted by molar-refractivity contribution is 9.09. The van der Waals surface area contributed by atoms with Crippen LogP contribution < -0.4 is 0 Å². The zero-order chi connectivity index (χ0) is 12.0. The SMILES string of the molecule is Fc1ccc(CC(Br)C2CC3CC3C2)cc1F. The van der Waals surface area contributed by atoms with Gasteiger partial charge in [-0.3, -0.25) is 0 Å². The fourth-order valence-electron chi connectivity index (χ4n) is 3.12. The molecule has 1 aromatic carbocycles. The lowest BCUT2D eigenvalue weighted by atomic mass is 9.95. The molecule has 0 amide bonds. The first-order valence-electron chi connectivity index (χ1n) is 6.21. The lowest BCUT2D eigenvalue weighted by Crippen LogP contribution is -2.15. The van der Waals surface area contributed by atoms with E-state index in [1.54, 1.807) is 6.07 Å². The van der Waals surface area contributed by atoms with E-state index in [4.69, 9.17) is 0 Å². The summed E-state index contributed by atoms with van der Waals surface area (Å²) in [5.74, 6) is 1.14. The summed E-state index contributed by atoms with van der Waals surface area (Å²) in [6, 6.07) is 4.22. The highest BCUT2D eigenvalue weighted by Crippen LogP contribution is 2.56. The topological polar surface area (TPSA) is 0 Å². The molecule has 0 saturated heterocycles. The summed E-state index contributed by atoms with van der Waals surface area (Å²) in [5, 5.41) is 0. The monoisotopic (exact) mass is 300 g/mol. The van der Waals surface area contributed by atoms with Crippen molar-refractivity contribution in [2.24, 2.45) is 17.8 Å². The summed E-state index contributed by atoms with van der Waals surface area (Å²) in [5.41, 5.74) is 0.881. The van der Waals surface area contributed by atoms with Crippen molar-refractivity contribution >= 4 is 15.9 Å². The van der Waals surface area contributed by atoms with Gasteiger partial charge in [0.2, 0.25) is 0 Å². The van der Waals surface area contributed by atoms with Gasteiger partial charge in [-0.2, -0.15) is 0 Å². The van der Waals surface area contributed by atoms with E-state index in [2.05, 4.69) is 15.9 Å². The fourth-order valence-corrected chi connectivity index (χ4v) is 3.92. The van der Waals surface area contributed by atoms with Crippen LogP contribution in [0.3, 0.4) is 0 Å². The van der Waals surface area contributed by atoms with Crippen LogP contribution in [-0.4, -0.2) is 4.83 Å². The largest absolute Gasteiger partial charge is 0.204 e. The minimum absolute atomic E-state index is 0.403. The van der Waals surface area contributed by atoms with Gasteiger partial charge in [-0.05, 0) is 61.1 Å². The van der Waals surface area contributed by atoms with Gasteiger partial charge in [0.05, 0.1) is 0 Å². The summed E-state index contributed by atoms with van der Waals surface area (Å²) in [6.45, 7) is 0.